The van der Waals surface area contributed by atoms with Crippen LogP contribution in [0.15, 0.2) is 0 Å². The molecule has 1 atom stereocenters. The summed E-state index contributed by atoms with van der Waals surface area (Å²) in [5.41, 5.74) is -0.551. The zero-order chi connectivity index (χ0) is 10.3. The predicted octanol–water partition coefficient (Wildman–Crippen LogP) is 0.689. The standard InChI is InChI=1S/C10H24N2O/c1-5-10(3,13)9-11-7-8-12(4)6-2/h11,13H,5-9H2,1-4H3. The molecule has 0 spiro atoms. The van der Waals surface area contributed by atoms with Crippen LogP contribution in [0, 0.1) is 0 Å². The number of rotatable bonds is 7. The predicted molar refractivity (Wildman–Crippen MR) is 57.0 cm³/mol. The Morgan fingerprint density at radius 2 is 2.00 bits per heavy atom. The average Bonchev–Trinajstić information content (AvgIpc) is 2.12. The van der Waals surface area contributed by atoms with E-state index < -0.39 is 5.60 Å². The van der Waals surface area contributed by atoms with Crippen LogP contribution in [0.4, 0.5) is 0 Å². The summed E-state index contributed by atoms with van der Waals surface area (Å²) in [5.74, 6) is 0. The lowest BCUT2D eigenvalue weighted by Gasteiger charge is -2.22. The van der Waals surface area contributed by atoms with Gasteiger partial charge in [-0.15, -0.1) is 0 Å². The van der Waals surface area contributed by atoms with E-state index in [4.69, 9.17) is 0 Å². The first-order valence-corrected chi connectivity index (χ1v) is 5.13. The van der Waals surface area contributed by atoms with Crippen molar-refractivity contribution >= 4 is 0 Å². The number of likely N-dealkylation sites (N-methyl/N-ethyl adjacent to an activating group) is 1. The highest BCUT2D eigenvalue weighted by Gasteiger charge is 2.15. The molecule has 0 radical (unpaired) electrons. The third-order valence-electron chi connectivity index (χ3n) is 2.48. The monoisotopic (exact) mass is 188 g/mol. The summed E-state index contributed by atoms with van der Waals surface area (Å²) in [6.07, 6.45) is 0.795. The minimum absolute atomic E-state index is 0.551. The van der Waals surface area contributed by atoms with Crippen LogP contribution in [0.1, 0.15) is 27.2 Å². The second-order valence-corrected chi connectivity index (χ2v) is 3.92. The van der Waals surface area contributed by atoms with Crippen LogP contribution in [0.25, 0.3) is 0 Å². The van der Waals surface area contributed by atoms with E-state index in [2.05, 4.69) is 24.2 Å². The fourth-order valence-corrected chi connectivity index (χ4v) is 0.911. The molecule has 80 valence electrons. The van der Waals surface area contributed by atoms with Crippen LogP contribution in [0.2, 0.25) is 0 Å². The molecule has 13 heavy (non-hydrogen) atoms. The zero-order valence-corrected chi connectivity index (χ0v) is 9.43. The summed E-state index contributed by atoms with van der Waals surface area (Å²) in [6.45, 7) is 9.75. The summed E-state index contributed by atoms with van der Waals surface area (Å²) in [4.78, 5) is 2.24. The van der Waals surface area contributed by atoms with Crippen molar-refractivity contribution in [2.24, 2.45) is 0 Å². The molecule has 0 saturated carbocycles. The second kappa shape index (κ2) is 6.35. The van der Waals surface area contributed by atoms with Gasteiger partial charge in [0, 0.05) is 19.6 Å². The summed E-state index contributed by atoms with van der Waals surface area (Å²) in [6, 6.07) is 0. The minimum atomic E-state index is -0.551. The Morgan fingerprint density at radius 1 is 1.38 bits per heavy atom. The fourth-order valence-electron chi connectivity index (χ4n) is 0.911. The summed E-state index contributed by atoms with van der Waals surface area (Å²) in [5, 5.41) is 12.9. The molecule has 0 aliphatic rings. The highest BCUT2D eigenvalue weighted by Crippen LogP contribution is 2.05. The van der Waals surface area contributed by atoms with E-state index in [9.17, 15) is 5.11 Å². The molecule has 0 aliphatic heterocycles. The normalized spacial score (nSPS) is 16.2. The SMILES string of the molecule is CCN(C)CCNCC(C)(O)CC. The van der Waals surface area contributed by atoms with Gasteiger partial charge in [-0.05, 0) is 26.9 Å². The molecule has 2 N–H and O–H groups in total. The quantitative estimate of drug-likeness (QED) is 0.577. The van der Waals surface area contributed by atoms with Crippen LogP contribution >= 0.6 is 0 Å². The molecule has 3 heteroatoms. The van der Waals surface area contributed by atoms with Crippen molar-refractivity contribution in [2.75, 3.05) is 33.2 Å². The molecule has 0 aromatic heterocycles. The number of aliphatic hydroxyl groups is 1. The highest BCUT2D eigenvalue weighted by atomic mass is 16.3. The van der Waals surface area contributed by atoms with Gasteiger partial charge in [-0.1, -0.05) is 13.8 Å². The van der Waals surface area contributed by atoms with Gasteiger partial charge in [-0.3, -0.25) is 0 Å². The van der Waals surface area contributed by atoms with Gasteiger partial charge in [0.2, 0.25) is 0 Å². The zero-order valence-electron chi connectivity index (χ0n) is 9.43. The van der Waals surface area contributed by atoms with E-state index in [1.807, 2.05) is 13.8 Å². The molecule has 0 aliphatic carbocycles. The first-order chi connectivity index (χ1) is 6.02. The molecule has 0 heterocycles. The van der Waals surface area contributed by atoms with Gasteiger partial charge in [0.05, 0.1) is 5.60 Å². The van der Waals surface area contributed by atoms with Crippen molar-refractivity contribution < 1.29 is 5.11 Å². The smallest absolute Gasteiger partial charge is 0.0740 e. The first kappa shape index (κ1) is 12.9. The van der Waals surface area contributed by atoms with Crippen molar-refractivity contribution in [2.45, 2.75) is 32.8 Å². The maximum absolute atomic E-state index is 9.67. The van der Waals surface area contributed by atoms with Crippen molar-refractivity contribution in [3.8, 4) is 0 Å². The third kappa shape index (κ3) is 6.99. The number of nitrogens with zero attached hydrogens (tertiary/aromatic N) is 1. The molecule has 0 fully saturated rings. The highest BCUT2D eigenvalue weighted by molar-refractivity contribution is 4.73. The summed E-state index contributed by atoms with van der Waals surface area (Å²) in [7, 11) is 2.10. The minimum Gasteiger partial charge on any atom is -0.389 e. The molecule has 0 bridgehead atoms. The van der Waals surface area contributed by atoms with Crippen molar-refractivity contribution in [3.63, 3.8) is 0 Å². The second-order valence-electron chi connectivity index (χ2n) is 3.92. The van der Waals surface area contributed by atoms with Crippen LogP contribution in [0.5, 0.6) is 0 Å². The molecular weight excluding hydrogens is 164 g/mol. The Balaban J connectivity index is 3.35. The Hall–Kier alpha value is -0.120. The largest absolute Gasteiger partial charge is 0.389 e. The molecule has 0 rings (SSSR count). The molecular formula is C10H24N2O. The van der Waals surface area contributed by atoms with Crippen LogP contribution in [0.3, 0.4) is 0 Å². The molecule has 0 saturated heterocycles. The van der Waals surface area contributed by atoms with Gasteiger partial charge in [0.25, 0.3) is 0 Å². The van der Waals surface area contributed by atoms with Gasteiger partial charge in [-0.25, -0.2) is 0 Å². The Labute approximate surface area is 82.1 Å². The van der Waals surface area contributed by atoms with E-state index in [1.54, 1.807) is 0 Å². The molecule has 0 amide bonds. The Morgan fingerprint density at radius 3 is 2.46 bits per heavy atom. The van der Waals surface area contributed by atoms with Gasteiger partial charge in [0.15, 0.2) is 0 Å². The molecule has 0 aromatic rings. The van der Waals surface area contributed by atoms with E-state index in [-0.39, 0.29) is 0 Å². The van der Waals surface area contributed by atoms with Crippen molar-refractivity contribution in [3.05, 3.63) is 0 Å². The third-order valence-corrected chi connectivity index (χ3v) is 2.48. The van der Waals surface area contributed by atoms with Crippen LogP contribution in [-0.2, 0) is 0 Å². The number of nitrogens with one attached hydrogen (secondary N) is 1. The Bertz CT molecular complexity index is 126. The van der Waals surface area contributed by atoms with Gasteiger partial charge in [0.1, 0.15) is 0 Å². The van der Waals surface area contributed by atoms with Crippen molar-refractivity contribution in [1.29, 1.82) is 0 Å². The topological polar surface area (TPSA) is 35.5 Å². The lowest BCUT2D eigenvalue weighted by atomic mass is 10.0. The molecule has 0 aromatic carbocycles. The molecule has 3 nitrogen and oxygen atoms in total. The average molecular weight is 188 g/mol. The van der Waals surface area contributed by atoms with Gasteiger partial charge < -0.3 is 15.3 Å². The molecule has 1 unspecified atom stereocenters. The van der Waals surface area contributed by atoms with E-state index in [0.717, 1.165) is 26.1 Å². The fraction of sp³-hybridized carbons (Fsp3) is 1.00. The van der Waals surface area contributed by atoms with Crippen LogP contribution < -0.4 is 5.32 Å². The van der Waals surface area contributed by atoms with E-state index >= 15 is 0 Å². The lowest BCUT2D eigenvalue weighted by Crippen LogP contribution is -2.40. The van der Waals surface area contributed by atoms with Gasteiger partial charge in [-0.2, -0.15) is 0 Å². The maximum atomic E-state index is 9.67. The van der Waals surface area contributed by atoms with E-state index in [0.29, 0.717) is 6.54 Å². The summed E-state index contributed by atoms with van der Waals surface area (Å²) >= 11 is 0. The van der Waals surface area contributed by atoms with Gasteiger partial charge >= 0.3 is 0 Å². The number of hydrogen-bond acceptors (Lipinski definition) is 3. The summed E-state index contributed by atoms with van der Waals surface area (Å²) < 4.78 is 0. The van der Waals surface area contributed by atoms with Crippen molar-refractivity contribution in [1.82, 2.24) is 10.2 Å². The number of hydrogen-bond donors (Lipinski definition) is 2. The first-order valence-electron chi connectivity index (χ1n) is 5.13. The maximum Gasteiger partial charge on any atom is 0.0740 e. The van der Waals surface area contributed by atoms with Crippen LogP contribution in [-0.4, -0.2) is 48.8 Å². The lowest BCUT2D eigenvalue weighted by molar-refractivity contribution is 0.0555. The Kier molecular flexibility index (Phi) is 6.29. The van der Waals surface area contributed by atoms with E-state index in [1.165, 1.54) is 0 Å².